The van der Waals surface area contributed by atoms with Crippen LogP contribution in [0.25, 0.3) is 0 Å². The molecular weight excluding hydrogens is 280 g/mol. The van der Waals surface area contributed by atoms with Crippen LogP contribution in [0.2, 0.25) is 0 Å². The zero-order valence-corrected chi connectivity index (χ0v) is 12.8. The molecule has 1 saturated heterocycles. The number of nitrogens with zero attached hydrogens (tertiary/aromatic N) is 1. The number of nitrogens with one attached hydrogen (secondary N) is 1. The first-order valence-electron chi connectivity index (χ1n) is 7.27. The molecule has 116 valence electrons. The van der Waals surface area contributed by atoms with Gasteiger partial charge in [-0.3, -0.25) is 4.79 Å². The highest BCUT2D eigenvalue weighted by atomic mass is 16.5. The van der Waals surface area contributed by atoms with Crippen molar-refractivity contribution in [2.24, 2.45) is 0 Å². The first-order chi connectivity index (χ1) is 10.6. The summed E-state index contributed by atoms with van der Waals surface area (Å²) in [7, 11) is 1.91. The van der Waals surface area contributed by atoms with Crippen molar-refractivity contribution >= 4 is 11.8 Å². The first kappa shape index (κ1) is 15.8. The Hall–Kier alpha value is -2.56. The van der Waals surface area contributed by atoms with Gasteiger partial charge in [0.2, 0.25) is 0 Å². The predicted octanol–water partition coefficient (Wildman–Crippen LogP) is 1.74. The summed E-state index contributed by atoms with van der Waals surface area (Å²) in [6, 6.07) is 9.01. The largest absolute Gasteiger partial charge is 0.463 e. The van der Waals surface area contributed by atoms with Crippen molar-refractivity contribution in [3.8, 4) is 0 Å². The molecule has 1 aliphatic rings. The van der Waals surface area contributed by atoms with Gasteiger partial charge in [0.1, 0.15) is 5.82 Å². The molecular formula is C17H20N2O3. The normalized spacial score (nSPS) is 16.5. The summed E-state index contributed by atoms with van der Waals surface area (Å²) >= 11 is 0. The lowest BCUT2D eigenvalue weighted by atomic mass is 10.0. The second-order valence-electron chi connectivity index (χ2n) is 4.89. The topological polar surface area (TPSA) is 58.6 Å². The van der Waals surface area contributed by atoms with Gasteiger partial charge in [0.05, 0.1) is 12.2 Å². The van der Waals surface area contributed by atoms with Crippen molar-refractivity contribution in [3.63, 3.8) is 0 Å². The minimum absolute atomic E-state index is 0.127. The molecule has 5 heteroatoms. The number of hydrogen-bond acceptors (Lipinski definition) is 5. The molecule has 0 saturated carbocycles. The molecule has 2 rings (SSSR count). The Balaban J connectivity index is 2.35. The molecule has 5 nitrogen and oxygen atoms in total. The van der Waals surface area contributed by atoms with E-state index in [-0.39, 0.29) is 5.78 Å². The number of Topliss-reactive ketones (excluding diaryl/α,β-unsaturated/α-hetero) is 1. The van der Waals surface area contributed by atoms with E-state index < -0.39 is 5.97 Å². The fourth-order valence-electron chi connectivity index (χ4n) is 2.24. The van der Waals surface area contributed by atoms with Crippen LogP contribution in [0.15, 0.2) is 53.9 Å². The number of benzene rings is 1. The number of rotatable bonds is 5. The number of hydrogen-bond donors (Lipinski definition) is 1. The average Bonchev–Trinajstić information content (AvgIpc) is 2.94. The van der Waals surface area contributed by atoms with Crippen LogP contribution in [-0.4, -0.2) is 43.4 Å². The van der Waals surface area contributed by atoms with Crippen molar-refractivity contribution < 1.29 is 14.3 Å². The molecule has 0 aliphatic carbocycles. The van der Waals surface area contributed by atoms with Crippen LogP contribution in [0, 0.1) is 0 Å². The summed E-state index contributed by atoms with van der Waals surface area (Å²) in [6.45, 7) is 3.63. The second kappa shape index (κ2) is 7.45. The zero-order chi connectivity index (χ0) is 15.9. The van der Waals surface area contributed by atoms with Crippen LogP contribution in [-0.2, 0) is 9.53 Å². The Morgan fingerprint density at radius 2 is 2.00 bits per heavy atom. The van der Waals surface area contributed by atoms with Crippen LogP contribution in [0.1, 0.15) is 17.3 Å². The predicted molar refractivity (Wildman–Crippen MR) is 84.2 cm³/mol. The van der Waals surface area contributed by atoms with E-state index in [0.717, 1.165) is 18.9 Å². The Morgan fingerprint density at radius 1 is 1.27 bits per heavy atom. The van der Waals surface area contributed by atoms with Gasteiger partial charge in [-0.1, -0.05) is 30.3 Å². The van der Waals surface area contributed by atoms with Crippen LogP contribution in [0.3, 0.4) is 0 Å². The van der Waals surface area contributed by atoms with Gasteiger partial charge < -0.3 is 15.0 Å². The Kier molecular flexibility index (Phi) is 5.36. The highest BCUT2D eigenvalue weighted by Crippen LogP contribution is 2.17. The lowest BCUT2D eigenvalue weighted by Crippen LogP contribution is -2.20. The van der Waals surface area contributed by atoms with Crippen molar-refractivity contribution in [2.45, 2.75) is 6.92 Å². The third-order valence-corrected chi connectivity index (χ3v) is 3.33. The molecule has 0 amide bonds. The van der Waals surface area contributed by atoms with E-state index in [0.29, 0.717) is 17.7 Å². The first-order valence-corrected chi connectivity index (χ1v) is 7.27. The highest BCUT2D eigenvalue weighted by molar-refractivity contribution is 6.11. The lowest BCUT2D eigenvalue weighted by Gasteiger charge is -2.15. The van der Waals surface area contributed by atoms with Crippen molar-refractivity contribution in [3.05, 3.63) is 59.4 Å². The van der Waals surface area contributed by atoms with Crippen LogP contribution >= 0.6 is 0 Å². The van der Waals surface area contributed by atoms with E-state index in [9.17, 15) is 9.59 Å². The van der Waals surface area contributed by atoms with E-state index in [1.165, 1.54) is 12.2 Å². The van der Waals surface area contributed by atoms with Gasteiger partial charge in [0.15, 0.2) is 5.78 Å². The highest BCUT2D eigenvalue weighted by Gasteiger charge is 2.21. The third-order valence-electron chi connectivity index (χ3n) is 3.33. The number of ether oxygens (including phenoxy) is 1. The maximum Gasteiger partial charge on any atom is 0.330 e. The quantitative estimate of drug-likeness (QED) is 0.510. The van der Waals surface area contributed by atoms with E-state index >= 15 is 0 Å². The number of esters is 1. The fraction of sp³-hybridized carbons (Fsp3) is 0.294. The number of allylic oxidation sites excluding steroid dienone is 2. The molecule has 1 aromatic rings. The summed E-state index contributed by atoms with van der Waals surface area (Å²) < 4.78 is 4.87. The minimum atomic E-state index is -0.456. The van der Waals surface area contributed by atoms with E-state index in [2.05, 4.69) is 5.32 Å². The number of ketones is 1. The van der Waals surface area contributed by atoms with E-state index in [4.69, 9.17) is 4.74 Å². The molecule has 1 aliphatic heterocycles. The average molecular weight is 300 g/mol. The van der Waals surface area contributed by atoms with Gasteiger partial charge >= 0.3 is 5.97 Å². The number of carbonyl (C=O) groups excluding carboxylic acids is 2. The SMILES string of the molecule is CCOC(=O)/C=C/C(C(=O)c1ccccc1)=C1\NCCN1C. The van der Waals surface area contributed by atoms with E-state index in [1.54, 1.807) is 19.1 Å². The summed E-state index contributed by atoms with van der Waals surface area (Å²) in [5.74, 6) is 0.147. The molecule has 0 atom stereocenters. The van der Waals surface area contributed by atoms with Gasteiger partial charge in [-0.15, -0.1) is 0 Å². The summed E-state index contributed by atoms with van der Waals surface area (Å²) in [6.07, 6.45) is 2.82. The van der Waals surface area contributed by atoms with Gasteiger partial charge in [-0.25, -0.2) is 4.79 Å². The maximum atomic E-state index is 12.7. The van der Waals surface area contributed by atoms with Crippen molar-refractivity contribution in [1.29, 1.82) is 0 Å². The van der Waals surface area contributed by atoms with Crippen LogP contribution in [0.5, 0.6) is 0 Å². The molecule has 0 bridgehead atoms. The molecule has 1 heterocycles. The van der Waals surface area contributed by atoms with Crippen LogP contribution < -0.4 is 5.32 Å². The molecule has 1 aromatic carbocycles. The number of carbonyl (C=O) groups is 2. The van der Waals surface area contributed by atoms with Crippen molar-refractivity contribution in [2.75, 3.05) is 26.7 Å². The molecule has 0 spiro atoms. The standard InChI is InChI=1S/C17H20N2O3/c1-3-22-15(20)10-9-14(17-18-11-12-19(17)2)16(21)13-7-5-4-6-8-13/h4-10,18H,3,11-12H2,1-2H3/b10-9+,17-14-. The molecule has 22 heavy (non-hydrogen) atoms. The smallest absolute Gasteiger partial charge is 0.330 e. The molecule has 0 aromatic heterocycles. The molecule has 1 fully saturated rings. The summed E-state index contributed by atoms with van der Waals surface area (Å²) in [5, 5.41) is 3.19. The lowest BCUT2D eigenvalue weighted by molar-refractivity contribution is -0.137. The summed E-state index contributed by atoms with van der Waals surface area (Å²) in [5.41, 5.74) is 1.04. The van der Waals surface area contributed by atoms with Crippen LogP contribution in [0.4, 0.5) is 0 Å². The Bertz CT molecular complexity index is 606. The number of likely N-dealkylation sites (N-methyl/N-ethyl adjacent to an activating group) is 1. The molecule has 0 unspecified atom stereocenters. The van der Waals surface area contributed by atoms with Gasteiger partial charge in [-0.2, -0.15) is 0 Å². The third kappa shape index (κ3) is 3.75. The van der Waals surface area contributed by atoms with Crippen molar-refractivity contribution in [1.82, 2.24) is 10.2 Å². The monoisotopic (exact) mass is 300 g/mol. The van der Waals surface area contributed by atoms with Gasteiger partial charge in [0.25, 0.3) is 0 Å². The van der Waals surface area contributed by atoms with Gasteiger partial charge in [0, 0.05) is 31.8 Å². The Morgan fingerprint density at radius 3 is 2.59 bits per heavy atom. The molecule has 0 radical (unpaired) electrons. The molecule has 1 N–H and O–H groups in total. The Labute approximate surface area is 130 Å². The van der Waals surface area contributed by atoms with E-state index in [1.807, 2.05) is 30.1 Å². The summed E-state index contributed by atoms with van der Waals surface area (Å²) in [4.78, 5) is 26.2. The second-order valence-corrected chi connectivity index (χ2v) is 4.89. The maximum absolute atomic E-state index is 12.7. The zero-order valence-electron chi connectivity index (χ0n) is 12.8. The minimum Gasteiger partial charge on any atom is -0.463 e. The van der Waals surface area contributed by atoms with Gasteiger partial charge in [-0.05, 0) is 13.0 Å². The fourth-order valence-corrected chi connectivity index (χ4v) is 2.24.